The topological polar surface area (TPSA) is 69.7 Å². The van der Waals surface area contributed by atoms with E-state index in [1.807, 2.05) is 30.0 Å². The lowest BCUT2D eigenvalue weighted by molar-refractivity contribution is -0.137. The molecule has 0 aromatic heterocycles. The highest BCUT2D eigenvalue weighted by Gasteiger charge is 2.74. The molecule has 0 aliphatic carbocycles. The number of halogens is 4. The first-order valence-electron chi connectivity index (χ1n) is 11.6. The molecule has 6 nitrogen and oxygen atoms in total. The standard InChI is InChI=1S/C25H21ClF3N3O3/c1-2-12-5-3-6-14-20(12)30-23(35)24(14)19-18(16-7-4-10-31(16)24)21(33)32(22(19)34)17-11-13(25(27,28)29)8-9-15(17)26/h3,5-6,8-9,11,16,18-19H,2,4,7,10H2,1H3,(H,30,35)/t16-,18+,19-,24-/m0/s1. The number of hydrogen-bond acceptors (Lipinski definition) is 4. The van der Waals surface area contributed by atoms with Crippen LogP contribution in [0.15, 0.2) is 36.4 Å². The molecule has 0 radical (unpaired) electrons. The fourth-order valence-electron chi connectivity index (χ4n) is 6.68. The first-order valence-corrected chi connectivity index (χ1v) is 11.9. The van der Waals surface area contributed by atoms with E-state index in [9.17, 15) is 27.6 Å². The molecule has 2 aromatic carbocycles. The van der Waals surface area contributed by atoms with Crippen molar-refractivity contribution in [2.45, 2.75) is 43.9 Å². The Morgan fingerprint density at radius 3 is 2.63 bits per heavy atom. The highest BCUT2D eigenvalue weighted by Crippen LogP contribution is 2.61. The second kappa shape index (κ2) is 7.30. The van der Waals surface area contributed by atoms with Gasteiger partial charge in [-0.15, -0.1) is 0 Å². The minimum Gasteiger partial charge on any atom is -0.324 e. The predicted molar refractivity (Wildman–Crippen MR) is 122 cm³/mol. The van der Waals surface area contributed by atoms with Crippen LogP contribution in [-0.4, -0.2) is 35.2 Å². The van der Waals surface area contributed by atoms with Gasteiger partial charge in [-0.3, -0.25) is 19.3 Å². The van der Waals surface area contributed by atoms with E-state index in [-0.39, 0.29) is 22.7 Å². The maximum absolute atomic E-state index is 14.0. The number of nitrogens with zero attached hydrogens (tertiary/aromatic N) is 2. The molecule has 3 amide bonds. The monoisotopic (exact) mass is 503 g/mol. The summed E-state index contributed by atoms with van der Waals surface area (Å²) in [6, 6.07) is 7.76. The molecule has 0 saturated carbocycles. The third-order valence-electron chi connectivity index (χ3n) is 8.01. The molecule has 1 spiro atoms. The lowest BCUT2D eigenvalue weighted by Crippen LogP contribution is -2.54. The lowest BCUT2D eigenvalue weighted by Gasteiger charge is -2.36. The summed E-state index contributed by atoms with van der Waals surface area (Å²) in [7, 11) is 0. The average Bonchev–Trinajstić information content (AvgIpc) is 3.52. The van der Waals surface area contributed by atoms with Crippen molar-refractivity contribution in [2.24, 2.45) is 11.8 Å². The molecule has 182 valence electrons. The number of benzene rings is 2. The minimum atomic E-state index is -4.68. The molecule has 2 aromatic rings. The van der Waals surface area contributed by atoms with Crippen molar-refractivity contribution in [1.29, 1.82) is 0 Å². The SMILES string of the molecule is CCc1cccc2c1NC(=O)[C@@]21[C@@H]2C(=O)N(c3cc(C(F)(F)F)ccc3Cl)C(=O)[C@@H]2[C@@H]2CCCN21. The third kappa shape index (κ3) is 2.73. The molecule has 10 heteroatoms. The van der Waals surface area contributed by atoms with Gasteiger partial charge >= 0.3 is 6.18 Å². The molecule has 0 bridgehead atoms. The van der Waals surface area contributed by atoms with Crippen molar-refractivity contribution in [1.82, 2.24) is 4.90 Å². The zero-order chi connectivity index (χ0) is 24.9. The molecule has 3 saturated heterocycles. The second-order valence-electron chi connectivity index (χ2n) is 9.50. The van der Waals surface area contributed by atoms with Crippen molar-refractivity contribution in [3.05, 3.63) is 58.1 Å². The van der Waals surface area contributed by atoms with Crippen LogP contribution in [0.5, 0.6) is 0 Å². The van der Waals surface area contributed by atoms with Crippen LogP contribution in [0.4, 0.5) is 24.5 Å². The van der Waals surface area contributed by atoms with Gasteiger partial charge in [-0.2, -0.15) is 13.2 Å². The Labute approximate surface area is 204 Å². The van der Waals surface area contributed by atoms with E-state index < -0.39 is 40.9 Å². The maximum Gasteiger partial charge on any atom is 0.416 e. The van der Waals surface area contributed by atoms with Gasteiger partial charge in [0.25, 0.3) is 0 Å². The van der Waals surface area contributed by atoms with Gasteiger partial charge in [-0.05, 0) is 49.6 Å². The summed E-state index contributed by atoms with van der Waals surface area (Å²) in [5.41, 5.74) is -0.472. The number of nitrogens with one attached hydrogen (secondary N) is 1. The number of alkyl halides is 3. The molecule has 1 N–H and O–H groups in total. The summed E-state index contributed by atoms with van der Waals surface area (Å²) in [4.78, 5) is 44.2. The smallest absolute Gasteiger partial charge is 0.324 e. The van der Waals surface area contributed by atoms with Gasteiger partial charge in [-0.25, -0.2) is 4.90 Å². The first kappa shape index (κ1) is 22.5. The van der Waals surface area contributed by atoms with E-state index in [1.54, 1.807) is 0 Å². The zero-order valence-corrected chi connectivity index (χ0v) is 19.4. The van der Waals surface area contributed by atoms with Crippen molar-refractivity contribution in [3.63, 3.8) is 0 Å². The van der Waals surface area contributed by atoms with Crippen LogP contribution in [-0.2, 0) is 32.5 Å². The third-order valence-corrected chi connectivity index (χ3v) is 8.33. The minimum absolute atomic E-state index is 0.137. The quantitative estimate of drug-likeness (QED) is 0.619. The number of fused-ring (bicyclic) bond motifs is 7. The van der Waals surface area contributed by atoms with E-state index in [4.69, 9.17) is 11.6 Å². The normalized spacial score (nSPS) is 29.7. The lowest BCUT2D eigenvalue weighted by atomic mass is 9.75. The van der Waals surface area contributed by atoms with E-state index >= 15 is 0 Å². The van der Waals surface area contributed by atoms with Gasteiger partial charge in [0.05, 0.1) is 28.1 Å². The average molecular weight is 504 g/mol. The Balaban J connectivity index is 1.54. The van der Waals surface area contributed by atoms with Crippen LogP contribution in [0.25, 0.3) is 0 Å². The Morgan fingerprint density at radius 2 is 1.91 bits per heavy atom. The molecule has 4 atom stereocenters. The van der Waals surface area contributed by atoms with Gasteiger partial charge in [0.1, 0.15) is 5.54 Å². The van der Waals surface area contributed by atoms with E-state index in [2.05, 4.69) is 5.32 Å². The Morgan fingerprint density at radius 1 is 1.14 bits per heavy atom. The summed E-state index contributed by atoms with van der Waals surface area (Å²) in [5.74, 6) is -3.58. The molecule has 3 fully saturated rings. The van der Waals surface area contributed by atoms with Crippen molar-refractivity contribution in [3.8, 4) is 0 Å². The number of carbonyl (C=O) groups is 3. The van der Waals surface area contributed by atoms with Crippen molar-refractivity contribution >= 4 is 40.7 Å². The number of aryl methyl sites for hydroxylation is 1. The largest absolute Gasteiger partial charge is 0.416 e. The van der Waals surface area contributed by atoms with Gasteiger partial charge in [0, 0.05) is 17.3 Å². The number of imide groups is 1. The molecular formula is C25H21ClF3N3O3. The fourth-order valence-corrected chi connectivity index (χ4v) is 6.89. The summed E-state index contributed by atoms with van der Waals surface area (Å²) < 4.78 is 40.3. The van der Waals surface area contributed by atoms with Crippen LogP contribution in [0, 0.1) is 11.8 Å². The van der Waals surface area contributed by atoms with Crippen molar-refractivity contribution < 1.29 is 27.6 Å². The highest BCUT2D eigenvalue weighted by atomic mass is 35.5. The number of hydrogen-bond donors (Lipinski definition) is 1. The Hall–Kier alpha value is -2.91. The summed E-state index contributed by atoms with van der Waals surface area (Å²) >= 11 is 6.22. The molecule has 35 heavy (non-hydrogen) atoms. The van der Waals surface area contributed by atoms with Crippen LogP contribution in [0.3, 0.4) is 0 Å². The van der Waals surface area contributed by atoms with Gasteiger partial charge in [-0.1, -0.05) is 36.7 Å². The van der Waals surface area contributed by atoms with Gasteiger partial charge in [0.15, 0.2) is 0 Å². The Bertz CT molecular complexity index is 1310. The number of anilines is 2. The summed E-state index contributed by atoms with van der Waals surface area (Å²) in [6.07, 6.45) is -2.65. The zero-order valence-electron chi connectivity index (χ0n) is 18.7. The van der Waals surface area contributed by atoms with Crippen LogP contribution in [0.2, 0.25) is 5.02 Å². The van der Waals surface area contributed by atoms with Crippen LogP contribution < -0.4 is 10.2 Å². The van der Waals surface area contributed by atoms with Crippen LogP contribution in [0.1, 0.15) is 36.5 Å². The van der Waals surface area contributed by atoms with E-state index in [1.165, 1.54) is 0 Å². The molecule has 0 unspecified atom stereocenters. The Kier molecular flexibility index (Phi) is 4.70. The molecule has 4 heterocycles. The number of amides is 3. The molecule has 6 rings (SSSR count). The fraction of sp³-hybridized carbons (Fsp3) is 0.400. The summed E-state index contributed by atoms with van der Waals surface area (Å²) in [5, 5.41) is 2.83. The second-order valence-corrected chi connectivity index (χ2v) is 9.90. The highest BCUT2D eigenvalue weighted by molar-refractivity contribution is 6.36. The van der Waals surface area contributed by atoms with Gasteiger partial charge < -0.3 is 5.32 Å². The predicted octanol–water partition coefficient (Wildman–Crippen LogP) is 4.35. The first-order chi connectivity index (χ1) is 16.6. The number of para-hydroxylation sites is 1. The van der Waals surface area contributed by atoms with Crippen LogP contribution >= 0.6 is 11.6 Å². The molecule has 4 aliphatic rings. The van der Waals surface area contributed by atoms with Crippen molar-refractivity contribution in [2.75, 3.05) is 16.8 Å². The number of carbonyl (C=O) groups excluding carboxylic acids is 3. The van der Waals surface area contributed by atoms with Gasteiger partial charge in [0.2, 0.25) is 17.7 Å². The molecular weight excluding hydrogens is 483 g/mol. The van der Waals surface area contributed by atoms with E-state index in [0.29, 0.717) is 30.6 Å². The van der Waals surface area contributed by atoms with E-state index in [0.717, 1.165) is 35.1 Å². The maximum atomic E-state index is 14.0. The number of rotatable bonds is 2. The summed E-state index contributed by atoms with van der Waals surface area (Å²) in [6.45, 7) is 2.51. The molecule has 4 aliphatic heterocycles.